The summed E-state index contributed by atoms with van der Waals surface area (Å²) >= 11 is 13.7. The predicted molar refractivity (Wildman–Crippen MR) is 98.0 cm³/mol. The first-order chi connectivity index (χ1) is 12.0. The molecular formula is C17H13Cl2FN2O2S. The molecule has 1 heterocycles. The van der Waals surface area contributed by atoms with Crippen LogP contribution in [0.5, 0.6) is 0 Å². The smallest absolute Gasteiger partial charge is 0.279 e. The van der Waals surface area contributed by atoms with Crippen LogP contribution in [0.1, 0.15) is 10.4 Å². The summed E-state index contributed by atoms with van der Waals surface area (Å²) in [6.07, 6.45) is 0. The fraction of sp³-hybridized carbons (Fsp3) is 0.176. The van der Waals surface area contributed by atoms with E-state index in [2.05, 4.69) is 4.99 Å². The van der Waals surface area contributed by atoms with Gasteiger partial charge in [0.05, 0.1) is 21.8 Å². The van der Waals surface area contributed by atoms with E-state index in [9.17, 15) is 9.18 Å². The van der Waals surface area contributed by atoms with Gasteiger partial charge in [0.1, 0.15) is 5.82 Å². The van der Waals surface area contributed by atoms with Gasteiger partial charge in [0.25, 0.3) is 5.91 Å². The van der Waals surface area contributed by atoms with Crippen molar-refractivity contribution in [3.8, 4) is 0 Å². The topological polar surface area (TPSA) is 43.6 Å². The Bertz CT molecular complexity index is 1010. The van der Waals surface area contributed by atoms with E-state index in [-0.39, 0.29) is 5.56 Å². The number of thiazole rings is 1. The van der Waals surface area contributed by atoms with Crippen molar-refractivity contribution in [3.63, 3.8) is 0 Å². The van der Waals surface area contributed by atoms with Crippen molar-refractivity contribution >= 4 is 50.7 Å². The number of hydrogen-bond donors (Lipinski definition) is 0. The van der Waals surface area contributed by atoms with Crippen molar-refractivity contribution in [1.29, 1.82) is 0 Å². The first kappa shape index (κ1) is 18.1. The second kappa shape index (κ2) is 7.66. The fourth-order valence-electron chi connectivity index (χ4n) is 2.38. The lowest BCUT2D eigenvalue weighted by Crippen LogP contribution is -2.19. The number of benzene rings is 2. The number of fused-ring (bicyclic) bond motifs is 1. The molecule has 0 spiro atoms. The molecule has 8 heteroatoms. The minimum absolute atomic E-state index is 0.180. The van der Waals surface area contributed by atoms with Gasteiger partial charge in [0.2, 0.25) is 0 Å². The Hall–Kier alpha value is -1.73. The van der Waals surface area contributed by atoms with Crippen LogP contribution < -0.4 is 4.80 Å². The third-order valence-corrected chi connectivity index (χ3v) is 5.01. The summed E-state index contributed by atoms with van der Waals surface area (Å²) in [7, 11) is 1.59. The van der Waals surface area contributed by atoms with E-state index < -0.39 is 11.7 Å². The number of rotatable bonds is 4. The van der Waals surface area contributed by atoms with E-state index in [1.165, 1.54) is 29.5 Å². The molecule has 0 fully saturated rings. The molecule has 0 atom stereocenters. The van der Waals surface area contributed by atoms with Crippen molar-refractivity contribution < 1.29 is 13.9 Å². The molecular weight excluding hydrogens is 386 g/mol. The van der Waals surface area contributed by atoms with Gasteiger partial charge >= 0.3 is 0 Å². The third-order valence-electron chi connectivity index (χ3n) is 3.48. The Morgan fingerprint density at radius 2 is 2.12 bits per heavy atom. The lowest BCUT2D eigenvalue weighted by molar-refractivity contribution is 0.0997. The Kier molecular flexibility index (Phi) is 5.54. The summed E-state index contributed by atoms with van der Waals surface area (Å²) in [4.78, 5) is 17.0. The second-order valence-electron chi connectivity index (χ2n) is 5.19. The largest absolute Gasteiger partial charge is 0.383 e. The predicted octanol–water partition coefficient (Wildman–Crippen LogP) is 4.54. The highest BCUT2D eigenvalue weighted by Gasteiger charge is 2.13. The van der Waals surface area contributed by atoms with Crippen molar-refractivity contribution in [2.75, 3.05) is 13.7 Å². The summed E-state index contributed by atoms with van der Waals surface area (Å²) in [6, 6.07) is 8.82. The molecule has 0 unspecified atom stereocenters. The third kappa shape index (κ3) is 3.93. The zero-order valence-electron chi connectivity index (χ0n) is 13.1. The average molecular weight is 399 g/mol. The van der Waals surface area contributed by atoms with Gasteiger partial charge in [-0.1, -0.05) is 40.6 Å². The van der Waals surface area contributed by atoms with Crippen LogP contribution in [0.2, 0.25) is 10.0 Å². The van der Waals surface area contributed by atoms with Crippen LogP contribution in [-0.2, 0) is 11.3 Å². The lowest BCUT2D eigenvalue weighted by atomic mass is 10.2. The van der Waals surface area contributed by atoms with Crippen LogP contribution in [0, 0.1) is 5.82 Å². The van der Waals surface area contributed by atoms with Gasteiger partial charge in [-0.05, 0) is 30.3 Å². The van der Waals surface area contributed by atoms with Crippen LogP contribution in [0.3, 0.4) is 0 Å². The van der Waals surface area contributed by atoms with Gasteiger partial charge in [0, 0.05) is 24.2 Å². The molecule has 0 aliphatic carbocycles. The number of amides is 1. The normalized spacial score (nSPS) is 12.1. The molecule has 0 N–H and O–H groups in total. The maximum Gasteiger partial charge on any atom is 0.279 e. The summed E-state index contributed by atoms with van der Waals surface area (Å²) in [5.74, 6) is -1.01. The summed E-state index contributed by atoms with van der Waals surface area (Å²) in [6.45, 7) is 0.888. The van der Waals surface area contributed by atoms with Crippen molar-refractivity contribution in [2.45, 2.75) is 6.54 Å². The Morgan fingerprint density at radius 1 is 1.32 bits per heavy atom. The molecule has 4 nitrogen and oxygen atoms in total. The van der Waals surface area contributed by atoms with Gasteiger partial charge in [-0.3, -0.25) is 4.79 Å². The minimum atomic E-state index is -0.528. The molecule has 130 valence electrons. The molecule has 0 saturated heterocycles. The quantitative estimate of drug-likeness (QED) is 0.647. The maximum absolute atomic E-state index is 13.3. The summed E-state index contributed by atoms with van der Waals surface area (Å²) < 4.78 is 21.1. The fourth-order valence-corrected chi connectivity index (χ4v) is 4.21. The molecule has 0 aliphatic heterocycles. The maximum atomic E-state index is 13.3. The SMILES string of the molecule is COCCn1c(=NC(=O)c2cccc(F)c2)sc2cc(Cl)cc(Cl)c21. The number of aromatic nitrogens is 1. The lowest BCUT2D eigenvalue weighted by Gasteiger charge is -2.06. The van der Waals surface area contributed by atoms with Crippen molar-refractivity contribution in [2.24, 2.45) is 4.99 Å². The average Bonchev–Trinajstić information content (AvgIpc) is 2.90. The van der Waals surface area contributed by atoms with Gasteiger partial charge in [-0.25, -0.2) is 4.39 Å². The van der Waals surface area contributed by atoms with E-state index in [4.69, 9.17) is 27.9 Å². The van der Waals surface area contributed by atoms with E-state index >= 15 is 0 Å². The molecule has 3 aromatic rings. The Labute approximate surface area is 157 Å². The summed E-state index contributed by atoms with van der Waals surface area (Å²) in [5, 5.41) is 0.968. The van der Waals surface area contributed by atoms with E-state index in [1.807, 2.05) is 0 Å². The number of methoxy groups -OCH3 is 1. The molecule has 0 bridgehead atoms. The standard InChI is InChI=1S/C17H13Cl2FN2O2S/c1-24-6-5-22-15-13(19)8-11(18)9-14(15)25-17(22)21-16(23)10-3-2-4-12(20)7-10/h2-4,7-9H,5-6H2,1H3. The highest BCUT2D eigenvalue weighted by Crippen LogP contribution is 2.29. The van der Waals surface area contributed by atoms with Gasteiger partial charge < -0.3 is 9.30 Å². The zero-order chi connectivity index (χ0) is 18.0. The van der Waals surface area contributed by atoms with E-state index in [0.717, 1.165) is 16.3 Å². The number of ether oxygens (including phenoxy) is 1. The van der Waals surface area contributed by atoms with Crippen LogP contribution in [0.25, 0.3) is 10.2 Å². The Balaban J connectivity index is 2.17. The van der Waals surface area contributed by atoms with E-state index in [1.54, 1.807) is 23.8 Å². The van der Waals surface area contributed by atoms with Crippen molar-refractivity contribution in [3.05, 3.63) is 62.6 Å². The Morgan fingerprint density at radius 3 is 2.84 bits per heavy atom. The van der Waals surface area contributed by atoms with Gasteiger partial charge in [0.15, 0.2) is 4.80 Å². The molecule has 0 radical (unpaired) electrons. The van der Waals surface area contributed by atoms with E-state index in [0.29, 0.717) is 28.0 Å². The molecule has 1 amide bonds. The second-order valence-corrected chi connectivity index (χ2v) is 7.04. The molecule has 25 heavy (non-hydrogen) atoms. The van der Waals surface area contributed by atoms with Crippen molar-refractivity contribution in [1.82, 2.24) is 4.57 Å². The zero-order valence-corrected chi connectivity index (χ0v) is 15.5. The first-order valence-corrected chi connectivity index (χ1v) is 8.89. The molecule has 2 aromatic carbocycles. The molecule has 0 aliphatic rings. The van der Waals surface area contributed by atoms with Gasteiger partial charge in [-0.2, -0.15) is 4.99 Å². The highest BCUT2D eigenvalue weighted by molar-refractivity contribution is 7.16. The minimum Gasteiger partial charge on any atom is -0.383 e. The number of carbonyl (C=O) groups excluding carboxylic acids is 1. The first-order valence-electron chi connectivity index (χ1n) is 7.31. The van der Waals surface area contributed by atoms with Crippen LogP contribution in [0.4, 0.5) is 4.39 Å². The molecule has 1 aromatic heterocycles. The van der Waals surface area contributed by atoms with Crippen LogP contribution in [-0.4, -0.2) is 24.2 Å². The molecule has 3 rings (SSSR count). The monoisotopic (exact) mass is 398 g/mol. The van der Waals surface area contributed by atoms with Crippen LogP contribution in [0.15, 0.2) is 41.4 Å². The highest BCUT2D eigenvalue weighted by atomic mass is 35.5. The van der Waals surface area contributed by atoms with Gasteiger partial charge in [-0.15, -0.1) is 0 Å². The van der Waals surface area contributed by atoms with Crippen LogP contribution >= 0.6 is 34.5 Å². The molecule has 0 saturated carbocycles. The number of halogens is 3. The summed E-state index contributed by atoms with van der Waals surface area (Å²) in [5.41, 5.74) is 0.916. The number of nitrogens with zero attached hydrogens (tertiary/aromatic N) is 2. The number of carbonyl (C=O) groups is 1. The number of hydrogen-bond acceptors (Lipinski definition) is 3.